The summed E-state index contributed by atoms with van der Waals surface area (Å²) in [5.74, 6) is 0.527. The van der Waals surface area contributed by atoms with Crippen molar-refractivity contribution in [2.24, 2.45) is 11.8 Å². The number of rotatable bonds is 11. The van der Waals surface area contributed by atoms with Crippen LogP contribution in [0.3, 0.4) is 0 Å². The van der Waals surface area contributed by atoms with Gasteiger partial charge in [0.05, 0.1) is 77.3 Å². The van der Waals surface area contributed by atoms with E-state index in [-0.39, 0.29) is 35.7 Å². The van der Waals surface area contributed by atoms with Crippen molar-refractivity contribution in [1.82, 2.24) is 44.9 Å². The Hall–Kier alpha value is -6.73. The molecular weight excluding hydrogens is 954 g/mol. The molecule has 11 rings (SSSR count). The molecule has 384 valence electrons. The molecular formula is C54H62FN9O8S. The maximum atomic E-state index is 17.0. The van der Waals surface area contributed by atoms with Gasteiger partial charge in [-0.1, -0.05) is 19.9 Å². The Balaban J connectivity index is 0.895. The van der Waals surface area contributed by atoms with Gasteiger partial charge in [-0.15, -0.1) is 11.3 Å². The van der Waals surface area contributed by atoms with Gasteiger partial charge in [0.1, 0.15) is 35.3 Å². The summed E-state index contributed by atoms with van der Waals surface area (Å²) in [6.07, 6.45) is 8.95. The van der Waals surface area contributed by atoms with E-state index in [0.29, 0.717) is 85.3 Å². The number of aryl methyl sites for hydroxylation is 2. The smallest absolute Gasteiger partial charge is 0.407 e. The van der Waals surface area contributed by atoms with Crippen molar-refractivity contribution in [2.45, 2.75) is 121 Å². The van der Waals surface area contributed by atoms with Crippen LogP contribution in [0.1, 0.15) is 118 Å². The summed E-state index contributed by atoms with van der Waals surface area (Å²) in [6.45, 7) is 9.30. The number of nitrogens with zero attached hydrogens (tertiary/aromatic N) is 5. The number of carbonyl (C=O) groups is 4. The molecule has 5 aliphatic rings. The molecule has 4 N–H and O–H groups in total. The highest BCUT2D eigenvalue weighted by atomic mass is 32.1. The Kier molecular flexibility index (Phi) is 12.8. The number of amides is 4. The molecule has 2 aromatic carbocycles. The van der Waals surface area contributed by atoms with Crippen LogP contribution in [0.2, 0.25) is 0 Å². The minimum absolute atomic E-state index is 0.127. The number of H-pyrrole nitrogens is 2. The monoisotopic (exact) mass is 1020 g/mol. The van der Waals surface area contributed by atoms with Crippen molar-refractivity contribution in [3.63, 3.8) is 0 Å². The van der Waals surface area contributed by atoms with Crippen LogP contribution in [0.15, 0.2) is 54.9 Å². The fraction of sp³-hybridized carbons (Fsp3) is 0.481. The third kappa shape index (κ3) is 9.01. The number of thiophene rings is 1. The molecule has 0 bridgehead atoms. The van der Waals surface area contributed by atoms with Gasteiger partial charge in [-0.3, -0.25) is 14.2 Å². The predicted molar refractivity (Wildman–Crippen MR) is 271 cm³/mol. The maximum absolute atomic E-state index is 17.0. The summed E-state index contributed by atoms with van der Waals surface area (Å²) >= 11 is 1.75. The highest BCUT2D eigenvalue weighted by molar-refractivity contribution is 7.12. The van der Waals surface area contributed by atoms with E-state index < -0.39 is 41.9 Å². The number of hydrogen-bond acceptors (Lipinski definition) is 11. The van der Waals surface area contributed by atoms with Crippen molar-refractivity contribution in [3.8, 4) is 39.5 Å². The fourth-order valence-corrected chi connectivity index (χ4v) is 13.2. The highest BCUT2D eigenvalue weighted by Crippen LogP contribution is 2.49. The van der Waals surface area contributed by atoms with E-state index in [1.54, 1.807) is 28.6 Å². The Morgan fingerprint density at radius 2 is 1.52 bits per heavy atom. The number of methoxy groups -OCH3 is 2. The standard InChI is InChI=1S/C54H62FN9O8S/c1-28(2)45(60-52(67)69-5)49(65)62-17-8-11-38(62)48-57-27-36(59-48)32-21-34(55)44-40-22-33-20-29(14-15-37(33)64(40)51(72-41(44)23-32)43-24-30-10-7-13-42(30)73-43)35-26-56-47(58-35)39-12-9-18-63(39)50(66)46(61-53(68)70-6)31-16-19-71-54(3,4)25-31/h14-15,20-24,26-28,31,38-39,45-46,51H,7-13,16-19,25H2,1-6H3,(H,56,58)(H,57,59)(H,60,67)(H,61,68)/t31?,38-,39-,45-,46?,51?/m0/s1. The molecule has 6 atom stereocenters. The van der Waals surface area contributed by atoms with E-state index >= 15 is 4.39 Å². The average molecular weight is 1020 g/mol. The van der Waals surface area contributed by atoms with E-state index in [4.69, 9.17) is 28.9 Å². The summed E-state index contributed by atoms with van der Waals surface area (Å²) in [5.41, 5.74) is 5.62. The van der Waals surface area contributed by atoms with Crippen LogP contribution in [0.4, 0.5) is 14.0 Å². The van der Waals surface area contributed by atoms with E-state index in [1.165, 1.54) is 30.7 Å². The van der Waals surface area contributed by atoms with Gasteiger partial charge >= 0.3 is 12.2 Å². The van der Waals surface area contributed by atoms with Crippen LogP contribution in [0.25, 0.3) is 44.7 Å². The van der Waals surface area contributed by atoms with Crippen LogP contribution in [-0.2, 0) is 36.6 Å². The molecule has 0 radical (unpaired) electrons. The van der Waals surface area contributed by atoms with Gasteiger partial charge in [0.2, 0.25) is 18.0 Å². The molecule has 3 saturated heterocycles. The number of likely N-dealkylation sites (tertiary alicyclic amines) is 2. The molecule has 73 heavy (non-hydrogen) atoms. The van der Waals surface area contributed by atoms with E-state index in [2.05, 4.69) is 37.3 Å². The average Bonchev–Trinajstić information content (AvgIpc) is 4.23. The molecule has 0 saturated carbocycles. The third-order valence-corrected chi connectivity index (χ3v) is 16.7. The lowest BCUT2D eigenvalue weighted by atomic mass is 9.82. The summed E-state index contributed by atoms with van der Waals surface area (Å²) in [4.78, 5) is 75.5. The van der Waals surface area contributed by atoms with Crippen LogP contribution < -0.4 is 15.4 Å². The lowest BCUT2D eigenvalue weighted by molar-refractivity contribution is -0.139. The van der Waals surface area contributed by atoms with Crippen molar-refractivity contribution < 1.29 is 42.5 Å². The second-order valence-corrected chi connectivity index (χ2v) is 22.2. The summed E-state index contributed by atoms with van der Waals surface area (Å²) in [5, 5.41) is 6.45. The van der Waals surface area contributed by atoms with Gasteiger partial charge in [0.15, 0.2) is 0 Å². The van der Waals surface area contributed by atoms with Gasteiger partial charge in [0, 0.05) is 41.1 Å². The SMILES string of the molecule is COC(=O)NC(C(=O)N1CCC[C@H]1c1ncc(-c2ccc3c(c2)cc2n3C(c3cc4c(s3)CCC4)Oc3cc(-c4cnc([C@@H]5CCCN5C(=O)[C@@H](NC(=O)OC)C(C)C)[nH]4)cc(F)c3-2)[nH]1)C1CCOC(C)(C)C1. The van der Waals surface area contributed by atoms with Crippen LogP contribution in [0, 0.1) is 17.7 Å². The first-order valence-corrected chi connectivity index (χ1v) is 26.3. The highest BCUT2D eigenvalue weighted by Gasteiger charge is 2.44. The Bertz CT molecular complexity index is 3100. The number of aromatic nitrogens is 5. The molecule has 6 aromatic rings. The van der Waals surface area contributed by atoms with Crippen molar-refractivity contribution in [2.75, 3.05) is 33.9 Å². The number of nitrogens with one attached hydrogen (secondary N) is 4. The van der Waals surface area contributed by atoms with Crippen molar-refractivity contribution >= 4 is 46.2 Å². The first kappa shape index (κ1) is 48.5. The molecule has 1 aliphatic carbocycles. The largest absolute Gasteiger partial charge is 0.464 e. The topological polar surface area (TPSA) is 198 Å². The number of aromatic amines is 2. The van der Waals surface area contributed by atoms with Gasteiger partial charge in [-0.2, -0.15) is 0 Å². The second-order valence-electron chi connectivity index (χ2n) is 21.0. The van der Waals surface area contributed by atoms with Gasteiger partial charge in [-0.05, 0) is 125 Å². The lowest BCUT2D eigenvalue weighted by Crippen LogP contribution is -2.54. The normalized spacial score (nSPS) is 21.9. The Labute approximate surface area is 426 Å². The zero-order chi connectivity index (χ0) is 50.9. The number of halogens is 1. The number of imidazole rings is 2. The van der Waals surface area contributed by atoms with Crippen molar-refractivity contribution in [3.05, 3.63) is 87.6 Å². The molecule has 4 aliphatic heterocycles. The minimum Gasteiger partial charge on any atom is -0.464 e. The maximum Gasteiger partial charge on any atom is 0.407 e. The first-order valence-electron chi connectivity index (χ1n) is 25.5. The second kappa shape index (κ2) is 19.3. The molecule has 19 heteroatoms. The van der Waals surface area contributed by atoms with E-state index in [1.807, 2.05) is 56.9 Å². The number of hydrogen-bond donors (Lipinski definition) is 4. The number of ether oxygens (including phenoxy) is 4. The van der Waals surface area contributed by atoms with Crippen LogP contribution >= 0.6 is 11.3 Å². The summed E-state index contributed by atoms with van der Waals surface area (Å²) in [6, 6.07) is 11.6. The zero-order valence-electron chi connectivity index (χ0n) is 42.0. The van der Waals surface area contributed by atoms with Gasteiger partial charge in [0.25, 0.3) is 0 Å². The number of carbonyl (C=O) groups excluding carboxylic acids is 4. The van der Waals surface area contributed by atoms with Crippen LogP contribution in [0.5, 0.6) is 5.75 Å². The number of alkyl carbamates (subject to hydrolysis) is 2. The number of benzene rings is 2. The lowest BCUT2D eigenvalue weighted by Gasteiger charge is -2.40. The molecule has 3 unspecified atom stereocenters. The van der Waals surface area contributed by atoms with Crippen molar-refractivity contribution in [1.29, 1.82) is 0 Å². The van der Waals surface area contributed by atoms with Gasteiger partial charge < -0.3 is 49.3 Å². The zero-order valence-corrected chi connectivity index (χ0v) is 42.8. The molecule has 17 nitrogen and oxygen atoms in total. The molecule has 3 fully saturated rings. The molecule has 4 amide bonds. The molecule has 4 aromatic heterocycles. The molecule has 8 heterocycles. The third-order valence-electron chi connectivity index (χ3n) is 15.5. The quantitative estimate of drug-likeness (QED) is 0.0970. The molecule has 0 spiro atoms. The Morgan fingerprint density at radius 1 is 0.836 bits per heavy atom. The number of fused-ring (bicyclic) bond motifs is 6. The fourth-order valence-electron chi connectivity index (χ4n) is 11.9. The summed E-state index contributed by atoms with van der Waals surface area (Å²) < 4.78 is 41.8. The van der Waals surface area contributed by atoms with E-state index in [0.717, 1.165) is 59.1 Å². The minimum atomic E-state index is -0.772. The van der Waals surface area contributed by atoms with Gasteiger partial charge in [-0.25, -0.2) is 23.9 Å². The Morgan fingerprint density at radius 3 is 2.19 bits per heavy atom. The van der Waals surface area contributed by atoms with Crippen LogP contribution in [-0.4, -0.2) is 110 Å². The first-order chi connectivity index (χ1) is 35.2. The van der Waals surface area contributed by atoms with E-state index in [9.17, 15) is 19.2 Å². The predicted octanol–water partition coefficient (Wildman–Crippen LogP) is 9.35. The summed E-state index contributed by atoms with van der Waals surface area (Å²) in [7, 11) is 2.57.